The van der Waals surface area contributed by atoms with Crippen molar-refractivity contribution in [1.82, 2.24) is 4.90 Å². The van der Waals surface area contributed by atoms with E-state index < -0.39 is 0 Å². The highest BCUT2D eigenvalue weighted by Crippen LogP contribution is 2.51. The first-order chi connectivity index (χ1) is 14.1. The molecular formula is C25H35NO4. The van der Waals surface area contributed by atoms with Gasteiger partial charge in [0.1, 0.15) is 17.1 Å². The number of phenols is 1. The maximum absolute atomic E-state index is 10.6. The van der Waals surface area contributed by atoms with E-state index >= 15 is 0 Å². The molecule has 5 heteroatoms. The van der Waals surface area contributed by atoms with Crippen LogP contribution in [0.3, 0.4) is 0 Å². The number of rotatable bonds is 7. The van der Waals surface area contributed by atoms with Gasteiger partial charge in [-0.3, -0.25) is 0 Å². The quantitative estimate of drug-likeness (QED) is 0.709. The lowest BCUT2D eigenvalue weighted by Crippen LogP contribution is -2.38. The van der Waals surface area contributed by atoms with Crippen LogP contribution < -0.4 is 14.2 Å². The maximum atomic E-state index is 10.6. The molecule has 164 valence electrons. The Kier molecular flexibility index (Phi) is 6.23. The van der Waals surface area contributed by atoms with E-state index in [1.807, 2.05) is 32.9 Å². The second-order valence-corrected chi connectivity index (χ2v) is 8.93. The highest BCUT2D eigenvalue weighted by molar-refractivity contribution is 5.61. The predicted molar refractivity (Wildman–Crippen MR) is 121 cm³/mol. The first-order valence-electron chi connectivity index (χ1n) is 10.5. The van der Waals surface area contributed by atoms with Gasteiger partial charge in [-0.05, 0) is 82.5 Å². The minimum Gasteiger partial charge on any atom is -0.507 e. The number of hydrogen-bond donors (Lipinski definition) is 1. The number of nitrogens with zero attached hydrogens (tertiary/aromatic N) is 1. The van der Waals surface area contributed by atoms with E-state index in [1.165, 1.54) is 5.56 Å². The second kappa shape index (κ2) is 8.38. The highest BCUT2D eigenvalue weighted by Gasteiger charge is 2.44. The number of methoxy groups -OCH3 is 2. The Hall–Kier alpha value is -2.40. The summed E-state index contributed by atoms with van der Waals surface area (Å²) in [4.78, 5) is 2.34. The number of phenolic OH excluding ortho intramolecular Hbond substituents is 1. The minimum atomic E-state index is -0.324. The molecule has 1 N–H and O–H groups in total. The van der Waals surface area contributed by atoms with Gasteiger partial charge in [0.15, 0.2) is 11.5 Å². The molecule has 0 saturated carbocycles. The molecule has 0 fully saturated rings. The average Bonchev–Trinajstić information content (AvgIpc) is 2.99. The highest BCUT2D eigenvalue weighted by atomic mass is 16.5. The van der Waals surface area contributed by atoms with Crippen LogP contribution in [0.1, 0.15) is 47.6 Å². The predicted octanol–water partition coefficient (Wildman–Crippen LogP) is 4.76. The molecule has 0 bridgehead atoms. The summed E-state index contributed by atoms with van der Waals surface area (Å²) >= 11 is 0. The summed E-state index contributed by atoms with van der Waals surface area (Å²) in [7, 11) is 5.46. The molecule has 0 saturated heterocycles. The molecule has 30 heavy (non-hydrogen) atoms. The minimum absolute atomic E-state index is 0.188. The Morgan fingerprint density at radius 1 is 1.03 bits per heavy atom. The van der Waals surface area contributed by atoms with E-state index in [4.69, 9.17) is 14.2 Å². The zero-order chi connectivity index (χ0) is 22.2. The molecular weight excluding hydrogens is 378 g/mol. The van der Waals surface area contributed by atoms with Gasteiger partial charge in [-0.2, -0.15) is 0 Å². The largest absolute Gasteiger partial charge is 0.507 e. The van der Waals surface area contributed by atoms with Crippen molar-refractivity contribution < 1.29 is 19.3 Å². The standard InChI is InChI=1S/C25H35NO4/c1-15-16(2)24-22(17(3)23(15)27)19(25(4,5)30-24)14-26(6)12-11-18-9-10-20(28-7)21(13-18)29-8/h9-10,13,19,27H,11-12,14H2,1-8H3. The number of hydrogen-bond acceptors (Lipinski definition) is 5. The Bertz CT molecular complexity index is 935. The van der Waals surface area contributed by atoms with Gasteiger partial charge in [0.05, 0.1) is 14.2 Å². The number of likely N-dealkylation sites (N-methyl/N-ethyl adjacent to an activating group) is 1. The van der Waals surface area contributed by atoms with Crippen LogP contribution >= 0.6 is 0 Å². The summed E-state index contributed by atoms with van der Waals surface area (Å²) in [5.74, 6) is 3.04. The van der Waals surface area contributed by atoms with E-state index in [1.54, 1.807) is 14.2 Å². The number of ether oxygens (including phenoxy) is 3. The Labute approximate surface area is 180 Å². The van der Waals surface area contributed by atoms with Crippen LogP contribution in [0.2, 0.25) is 0 Å². The molecule has 0 aliphatic carbocycles. The van der Waals surface area contributed by atoms with Crippen molar-refractivity contribution in [2.24, 2.45) is 0 Å². The zero-order valence-electron chi connectivity index (χ0n) is 19.5. The molecule has 1 atom stereocenters. The lowest BCUT2D eigenvalue weighted by atomic mass is 9.82. The summed E-state index contributed by atoms with van der Waals surface area (Å²) in [6.45, 7) is 12.0. The van der Waals surface area contributed by atoms with Gasteiger partial charge < -0.3 is 24.2 Å². The molecule has 1 aliphatic rings. The second-order valence-electron chi connectivity index (χ2n) is 8.93. The van der Waals surface area contributed by atoms with Crippen molar-refractivity contribution in [3.63, 3.8) is 0 Å². The van der Waals surface area contributed by atoms with Crippen LogP contribution in [0.4, 0.5) is 0 Å². The smallest absolute Gasteiger partial charge is 0.160 e. The SMILES string of the molecule is COc1ccc(CCN(C)CC2c3c(C)c(O)c(C)c(C)c3OC2(C)C)cc1OC. The van der Waals surface area contributed by atoms with E-state index in [0.717, 1.165) is 59.0 Å². The molecule has 0 amide bonds. The van der Waals surface area contributed by atoms with Gasteiger partial charge in [0.2, 0.25) is 0 Å². The van der Waals surface area contributed by atoms with Crippen LogP contribution in [-0.4, -0.2) is 50.0 Å². The van der Waals surface area contributed by atoms with Gasteiger partial charge in [-0.25, -0.2) is 0 Å². The molecule has 5 nitrogen and oxygen atoms in total. The van der Waals surface area contributed by atoms with Crippen LogP contribution in [0.25, 0.3) is 0 Å². The van der Waals surface area contributed by atoms with Crippen molar-refractivity contribution in [2.45, 2.75) is 52.6 Å². The molecule has 2 aromatic rings. The summed E-state index contributed by atoms with van der Waals surface area (Å²) in [5.41, 5.74) is 4.93. The third-order valence-corrected chi connectivity index (χ3v) is 6.54. The van der Waals surface area contributed by atoms with Gasteiger partial charge in [0, 0.05) is 24.6 Å². The molecule has 0 aromatic heterocycles. The fourth-order valence-corrected chi connectivity index (χ4v) is 4.43. The summed E-state index contributed by atoms with van der Waals surface area (Å²) < 4.78 is 17.2. The fraction of sp³-hybridized carbons (Fsp3) is 0.520. The number of benzene rings is 2. The van der Waals surface area contributed by atoms with Gasteiger partial charge in [-0.15, -0.1) is 0 Å². The molecule has 3 rings (SSSR count). The number of aromatic hydroxyl groups is 1. The van der Waals surface area contributed by atoms with E-state index in [2.05, 4.69) is 31.9 Å². The third kappa shape index (κ3) is 3.95. The average molecular weight is 414 g/mol. The fourth-order valence-electron chi connectivity index (χ4n) is 4.43. The lowest BCUT2D eigenvalue weighted by molar-refractivity contribution is 0.0937. The first kappa shape index (κ1) is 22.3. The normalized spacial score (nSPS) is 17.0. The van der Waals surface area contributed by atoms with Gasteiger partial charge in [0.25, 0.3) is 0 Å². The molecule has 1 heterocycles. The Balaban J connectivity index is 1.77. The van der Waals surface area contributed by atoms with Gasteiger partial charge in [-0.1, -0.05) is 6.07 Å². The van der Waals surface area contributed by atoms with Crippen molar-refractivity contribution in [1.29, 1.82) is 0 Å². The monoisotopic (exact) mass is 413 g/mol. The first-order valence-corrected chi connectivity index (χ1v) is 10.5. The van der Waals surface area contributed by atoms with Crippen LogP contribution in [0, 0.1) is 20.8 Å². The molecule has 1 aliphatic heterocycles. The lowest BCUT2D eigenvalue weighted by Gasteiger charge is -2.30. The van der Waals surface area contributed by atoms with Crippen molar-refractivity contribution in [3.8, 4) is 23.0 Å². The summed E-state index contributed by atoms with van der Waals surface area (Å²) in [5, 5.41) is 10.6. The van der Waals surface area contributed by atoms with Crippen molar-refractivity contribution >= 4 is 0 Å². The van der Waals surface area contributed by atoms with E-state index in [-0.39, 0.29) is 11.5 Å². The molecule has 2 aromatic carbocycles. The third-order valence-electron chi connectivity index (χ3n) is 6.54. The van der Waals surface area contributed by atoms with Crippen molar-refractivity contribution in [2.75, 3.05) is 34.4 Å². The summed E-state index contributed by atoms with van der Waals surface area (Å²) in [6, 6.07) is 6.08. The number of fused-ring (bicyclic) bond motifs is 1. The van der Waals surface area contributed by atoms with Crippen LogP contribution in [0.5, 0.6) is 23.0 Å². The zero-order valence-corrected chi connectivity index (χ0v) is 19.5. The molecule has 0 radical (unpaired) electrons. The molecule has 1 unspecified atom stereocenters. The molecule has 0 spiro atoms. The summed E-state index contributed by atoms with van der Waals surface area (Å²) in [6.07, 6.45) is 0.912. The van der Waals surface area contributed by atoms with E-state index in [0.29, 0.717) is 5.75 Å². The van der Waals surface area contributed by atoms with Crippen LogP contribution in [-0.2, 0) is 6.42 Å². The van der Waals surface area contributed by atoms with Crippen molar-refractivity contribution in [3.05, 3.63) is 46.0 Å². The van der Waals surface area contributed by atoms with Crippen LogP contribution in [0.15, 0.2) is 18.2 Å². The van der Waals surface area contributed by atoms with E-state index in [9.17, 15) is 5.11 Å². The topological polar surface area (TPSA) is 51.2 Å². The Morgan fingerprint density at radius 3 is 2.33 bits per heavy atom. The van der Waals surface area contributed by atoms with Gasteiger partial charge >= 0.3 is 0 Å². The Morgan fingerprint density at radius 2 is 1.70 bits per heavy atom. The maximum Gasteiger partial charge on any atom is 0.160 e.